The Morgan fingerprint density at radius 1 is 1.12 bits per heavy atom. The summed E-state index contributed by atoms with van der Waals surface area (Å²) in [4.78, 5) is 5.54. The molecule has 0 radical (unpaired) electrons. The number of benzene rings is 2. The van der Waals surface area contributed by atoms with Crippen molar-refractivity contribution in [2.24, 2.45) is 11.1 Å². The van der Waals surface area contributed by atoms with E-state index in [1.807, 2.05) is 30.3 Å². The number of nitrogens with zero attached hydrogens (tertiary/aromatic N) is 3. The van der Waals surface area contributed by atoms with Crippen molar-refractivity contribution in [2.75, 3.05) is 6.54 Å². The molecule has 1 aliphatic carbocycles. The van der Waals surface area contributed by atoms with Gasteiger partial charge in [0, 0.05) is 30.4 Å². The predicted molar refractivity (Wildman–Crippen MR) is 119 cm³/mol. The van der Waals surface area contributed by atoms with Gasteiger partial charge in [-0.2, -0.15) is 0 Å². The molecule has 2 aromatic carbocycles. The van der Waals surface area contributed by atoms with Crippen LogP contribution in [0.5, 0.6) is 0 Å². The summed E-state index contributed by atoms with van der Waals surface area (Å²) in [7, 11) is 0. The molecule has 4 rings (SSSR count). The van der Waals surface area contributed by atoms with Crippen molar-refractivity contribution in [3.63, 3.8) is 0 Å². The van der Waals surface area contributed by atoms with Crippen LogP contribution in [0, 0.1) is 11.7 Å². The molecule has 0 fully saturated rings. The fraction of sp³-hybridized carbons (Fsp3) is 0.217. The average Bonchev–Trinajstić information content (AvgIpc) is 3.15. The molecule has 0 amide bonds. The van der Waals surface area contributed by atoms with Crippen LogP contribution in [-0.4, -0.2) is 21.3 Å². The molecule has 166 valence electrons. The molecule has 0 saturated carbocycles. The SMILES string of the molecule is NSc1ccc(-n2nc(CNCC3C=C(F)C=C(F)C3)nc2Cc2cccc(F)c2)cc1. The number of nitrogens with one attached hydrogen (secondary N) is 1. The lowest BCUT2D eigenvalue weighted by Crippen LogP contribution is -2.23. The first-order valence-corrected chi connectivity index (χ1v) is 11.0. The fourth-order valence-electron chi connectivity index (χ4n) is 3.57. The Morgan fingerprint density at radius 2 is 1.94 bits per heavy atom. The van der Waals surface area contributed by atoms with Crippen LogP contribution in [0.2, 0.25) is 0 Å². The van der Waals surface area contributed by atoms with Crippen LogP contribution in [0.4, 0.5) is 13.2 Å². The van der Waals surface area contributed by atoms with E-state index < -0.39 is 11.7 Å². The molecule has 0 spiro atoms. The van der Waals surface area contributed by atoms with Gasteiger partial charge in [-0.1, -0.05) is 12.1 Å². The third-order valence-electron chi connectivity index (χ3n) is 5.02. The summed E-state index contributed by atoms with van der Waals surface area (Å²) in [6.45, 7) is 0.724. The summed E-state index contributed by atoms with van der Waals surface area (Å²) < 4.78 is 42.2. The maximum atomic E-state index is 13.7. The Kier molecular flexibility index (Phi) is 7.09. The third-order valence-corrected chi connectivity index (χ3v) is 5.57. The molecule has 5 nitrogen and oxygen atoms in total. The lowest BCUT2D eigenvalue weighted by Gasteiger charge is -2.15. The number of halogens is 3. The van der Waals surface area contributed by atoms with Gasteiger partial charge in [-0.05, 0) is 65.9 Å². The second kappa shape index (κ2) is 10.2. The summed E-state index contributed by atoms with van der Waals surface area (Å²) in [6.07, 6.45) is 2.88. The van der Waals surface area contributed by atoms with Crippen LogP contribution >= 0.6 is 11.9 Å². The van der Waals surface area contributed by atoms with Gasteiger partial charge in [0.1, 0.15) is 23.3 Å². The minimum absolute atomic E-state index is 0.165. The van der Waals surface area contributed by atoms with E-state index in [-0.39, 0.29) is 18.2 Å². The number of hydrogen-bond acceptors (Lipinski definition) is 5. The van der Waals surface area contributed by atoms with Crippen molar-refractivity contribution in [1.82, 2.24) is 20.1 Å². The molecule has 0 aliphatic heterocycles. The molecule has 0 saturated heterocycles. The Labute approximate surface area is 188 Å². The van der Waals surface area contributed by atoms with Crippen molar-refractivity contribution in [3.05, 3.63) is 95.4 Å². The Morgan fingerprint density at radius 3 is 2.66 bits per heavy atom. The number of aromatic nitrogens is 3. The van der Waals surface area contributed by atoms with Crippen LogP contribution < -0.4 is 10.5 Å². The van der Waals surface area contributed by atoms with E-state index in [1.165, 1.54) is 18.2 Å². The van der Waals surface area contributed by atoms with Crippen LogP contribution in [0.1, 0.15) is 23.6 Å². The fourth-order valence-corrected chi connectivity index (χ4v) is 3.87. The van der Waals surface area contributed by atoms with Crippen molar-refractivity contribution in [3.8, 4) is 5.69 Å². The quantitative estimate of drug-likeness (QED) is 0.477. The summed E-state index contributed by atoms with van der Waals surface area (Å²) >= 11 is 1.15. The predicted octanol–water partition coefficient (Wildman–Crippen LogP) is 4.78. The maximum Gasteiger partial charge on any atom is 0.165 e. The highest BCUT2D eigenvalue weighted by Crippen LogP contribution is 2.24. The number of allylic oxidation sites excluding steroid dienone is 3. The van der Waals surface area contributed by atoms with Gasteiger partial charge in [-0.3, -0.25) is 5.14 Å². The molecule has 1 atom stereocenters. The van der Waals surface area contributed by atoms with E-state index in [0.717, 1.165) is 34.2 Å². The first-order chi connectivity index (χ1) is 15.5. The number of hydrogen-bond donors (Lipinski definition) is 2. The average molecular weight is 458 g/mol. The molecule has 3 aromatic rings. The number of rotatable bonds is 8. The molecular formula is C23H22F3N5S. The molecule has 3 N–H and O–H groups in total. The van der Waals surface area contributed by atoms with E-state index in [1.54, 1.807) is 10.7 Å². The highest BCUT2D eigenvalue weighted by Gasteiger charge is 2.17. The standard InChI is InChI=1S/C23H22F3N5S/c24-17-3-1-2-15(8-17)11-23-29-22(14-28-13-16-9-18(25)12-19(26)10-16)30-31(23)20-4-6-21(32-27)7-5-20/h1-9,12,16,28H,10-11,13-14,27H2. The summed E-state index contributed by atoms with van der Waals surface area (Å²) in [5.74, 6) is -0.415. The molecule has 32 heavy (non-hydrogen) atoms. The highest BCUT2D eigenvalue weighted by molar-refractivity contribution is 7.97. The minimum Gasteiger partial charge on any atom is -0.309 e. The van der Waals surface area contributed by atoms with Crippen molar-refractivity contribution in [1.29, 1.82) is 0 Å². The van der Waals surface area contributed by atoms with E-state index in [0.29, 0.717) is 31.2 Å². The van der Waals surface area contributed by atoms with Crippen molar-refractivity contribution < 1.29 is 13.2 Å². The van der Waals surface area contributed by atoms with E-state index in [2.05, 4.69) is 15.4 Å². The first-order valence-electron chi connectivity index (χ1n) is 10.1. The summed E-state index contributed by atoms with van der Waals surface area (Å²) in [5.41, 5.74) is 1.58. The minimum atomic E-state index is -0.556. The Balaban J connectivity index is 1.52. The van der Waals surface area contributed by atoms with Gasteiger partial charge in [0.2, 0.25) is 0 Å². The highest BCUT2D eigenvalue weighted by atomic mass is 32.2. The lowest BCUT2D eigenvalue weighted by molar-refractivity contribution is 0.462. The van der Waals surface area contributed by atoms with Gasteiger partial charge in [0.15, 0.2) is 5.82 Å². The topological polar surface area (TPSA) is 68.8 Å². The molecular weight excluding hydrogens is 435 g/mol. The van der Waals surface area contributed by atoms with Crippen LogP contribution in [0.3, 0.4) is 0 Å². The third kappa shape index (κ3) is 5.67. The monoisotopic (exact) mass is 457 g/mol. The second-order valence-electron chi connectivity index (χ2n) is 7.51. The van der Waals surface area contributed by atoms with Gasteiger partial charge < -0.3 is 5.32 Å². The number of nitrogens with two attached hydrogens (primary N) is 1. The zero-order valence-electron chi connectivity index (χ0n) is 17.1. The summed E-state index contributed by atoms with van der Waals surface area (Å²) in [5, 5.41) is 13.4. The Hall–Kier alpha value is -2.88. The van der Waals surface area contributed by atoms with Crippen LogP contribution in [0.15, 0.2) is 77.2 Å². The molecule has 1 heterocycles. The largest absolute Gasteiger partial charge is 0.309 e. The molecule has 1 unspecified atom stereocenters. The molecule has 0 bridgehead atoms. The van der Waals surface area contributed by atoms with E-state index in [9.17, 15) is 13.2 Å². The zero-order chi connectivity index (χ0) is 22.5. The van der Waals surface area contributed by atoms with E-state index in [4.69, 9.17) is 5.14 Å². The van der Waals surface area contributed by atoms with Crippen LogP contribution in [0.25, 0.3) is 5.69 Å². The van der Waals surface area contributed by atoms with Gasteiger partial charge in [0.25, 0.3) is 0 Å². The first kappa shape index (κ1) is 22.3. The lowest BCUT2D eigenvalue weighted by atomic mass is 9.99. The van der Waals surface area contributed by atoms with Gasteiger partial charge >= 0.3 is 0 Å². The maximum absolute atomic E-state index is 13.7. The smallest absolute Gasteiger partial charge is 0.165 e. The molecule has 1 aromatic heterocycles. The van der Waals surface area contributed by atoms with Gasteiger partial charge in [-0.15, -0.1) is 5.10 Å². The normalized spacial score (nSPS) is 16.1. The van der Waals surface area contributed by atoms with Gasteiger partial charge in [0.05, 0.1) is 12.2 Å². The van der Waals surface area contributed by atoms with E-state index >= 15 is 0 Å². The zero-order valence-corrected chi connectivity index (χ0v) is 18.0. The molecule has 9 heteroatoms. The van der Waals surface area contributed by atoms with Gasteiger partial charge in [-0.25, -0.2) is 22.8 Å². The second-order valence-corrected chi connectivity index (χ2v) is 8.22. The summed E-state index contributed by atoms with van der Waals surface area (Å²) in [6, 6.07) is 13.9. The molecule has 1 aliphatic rings. The van der Waals surface area contributed by atoms with Crippen LogP contribution in [-0.2, 0) is 13.0 Å². The Bertz CT molecular complexity index is 1140. The van der Waals surface area contributed by atoms with Crippen molar-refractivity contribution in [2.45, 2.75) is 24.3 Å². The van der Waals surface area contributed by atoms with Crippen molar-refractivity contribution >= 4 is 11.9 Å².